The number of ether oxygens (including phenoxy) is 1. The van der Waals surface area contributed by atoms with E-state index in [1.165, 1.54) is 5.56 Å². The van der Waals surface area contributed by atoms with Crippen LogP contribution >= 0.6 is 0 Å². The van der Waals surface area contributed by atoms with Crippen molar-refractivity contribution in [3.05, 3.63) is 41.1 Å². The molecule has 0 spiro atoms. The highest BCUT2D eigenvalue weighted by atomic mass is 16.5. The number of H-pyrrole nitrogens is 1. The maximum atomic E-state index is 11.9. The van der Waals surface area contributed by atoms with Crippen LogP contribution in [-0.2, 0) is 9.53 Å². The van der Waals surface area contributed by atoms with Gasteiger partial charge in [-0.3, -0.25) is 4.79 Å². The van der Waals surface area contributed by atoms with Gasteiger partial charge in [-0.2, -0.15) is 0 Å². The van der Waals surface area contributed by atoms with E-state index in [4.69, 9.17) is 4.74 Å². The molecule has 0 radical (unpaired) electrons. The van der Waals surface area contributed by atoms with E-state index >= 15 is 0 Å². The number of aromatic nitrogens is 1. The lowest BCUT2D eigenvalue weighted by Crippen LogP contribution is -2.16. The van der Waals surface area contributed by atoms with Crippen molar-refractivity contribution in [2.24, 2.45) is 5.10 Å². The van der Waals surface area contributed by atoms with E-state index in [0.717, 1.165) is 16.5 Å². The summed E-state index contributed by atoms with van der Waals surface area (Å²) in [6, 6.07) is 6.08. The number of carbonyl (C=O) groups excluding carboxylic acids is 1. The summed E-state index contributed by atoms with van der Waals surface area (Å²) >= 11 is 0. The van der Waals surface area contributed by atoms with Gasteiger partial charge in [0, 0.05) is 22.7 Å². The zero-order valence-electron chi connectivity index (χ0n) is 12.2. The van der Waals surface area contributed by atoms with Gasteiger partial charge in [0.25, 0.3) is 5.91 Å². The molecule has 5 heteroatoms. The first-order valence-corrected chi connectivity index (χ1v) is 6.89. The summed E-state index contributed by atoms with van der Waals surface area (Å²) < 4.78 is 5.57. The van der Waals surface area contributed by atoms with Gasteiger partial charge in [0.2, 0.25) is 5.90 Å². The zero-order chi connectivity index (χ0) is 15.0. The highest BCUT2D eigenvalue weighted by Gasteiger charge is 2.25. The van der Waals surface area contributed by atoms with Gasteiger partial charge in [-0.1, -0.05) is 18.2 Å². The Labute approximate surface area is 122 Å². The predicted molar refractivity (Wildman–Crippen MR) is 82.8 cm³/mol. The number of fused-ring (bicyclic) bond motifs is 1. The van der Waals surface area contributed by atoms with Crippen LogP contribution in [0, 0.1) is 6.92 Å². The van der Waals surface area contributed by atoms with Crippen LogP contribution < -0.4 is 5.43 Å². The molecule has 0 saturated heterocycles. The van der Waals surface area contributed by atoms with Gasteiger partial charge < -0.3 is 9.72 Å². The fourth-order valence-corrected chi connectivity index (χ4v) is 2.36. The Hall–Kier alpha value is -2.56. The van der Waals surface area contributed by atoms with E-state index in [1.807, 2.05) is 51.2 Å². The van der Waals surface area contributed by atoms with E-state index in [1.54, 1.807) is 0 Å². The molecule has 1 aromatic heterocycles. The topological polar surface area (TPSA) is 66.5 Å². The molecule has 108 valence electrons. The largest absolute Gasteiger partial charge is 0.473 e. The number of aromatic amines is 1. The molecule has 1 aliphatic rings. The lowest BCUT2D eigenvalue weighted by atomic mass is 10.1. The molecule has 0 unspecified atom stereocenters. The number of carbonyl (C=O) groups is 1. The molecule has 2 aromatic rings. The van der Waals surface area contributed by atoms with Gasteiger partial charge in [-0.25, -0.2) is 5.43 Å². The van der Waals surface area contributed by atoms with Crippen molar-refractivity contribution in [2.45, 2.75) is 26.9 Å². The van der Waals surface area contributed by atoms with Crippen LogP contribution in [0.4, 0.5) is 0 Å². The third-order valence-corrected chi connectivity index (χ3v) is 3.34. The van der Waals surface area contributed by atoms with Crippen molar-refractivity contribution < 1.29 is 9.53 Å². The van der Waals surface area contributed by atoms with E-state index in [9.17, 15) is 4.79 Å². The molecule has 0 saturated carbocycles. The predicted octanol–water partition coefficient (Wildman–Crippen LogP) is 2.73. The van der Waals surface area contributed by atoms with Crippen LogP contribution in [0.15, 0.2) is 35.1 Å². The minimum absolute atomic E-state index is 0.0370. The van der Waals surface area contributed by atoms with Crippen molar-refractivity contribution in [1.82, 2.24) is 10.4 Å². The van der Waals surface area contributed by atoms with E-state index in [2.05, 4.69) is 15.5 Å². The summed E-state index contributed by atoms with van der Waals surface area (Å²) in [6.07, 6.45) is 3.66. The summed E-state index contributed by atoms with van der Waals surface area (Å²) in [5.41, 5.74) is 6.08. The van der Waals surface area contributed by atoms with Crippen LogP contribution in [0.25, 0.3) is 17.0 Å². The van der Waals surface area contributed by atoms with Crippen LogP contribution in [0.2, 0.25) is 0 Å². The van der Waals surface area contributed by atoms with E-state index in [-0.39, 0.29) is 12.0 Å². The maximum Gasteiger partial charge on any atom is 0.277 e. The van der Waals surface area contributed by atoms with Gasteiger partial charge in [-0.05, 0) is 32.4 Å². The highest BCUT2D eigenvalue weighted by molar-refractivity contribution is 6.25. The first-order chi connectivity index (χ1) is 10.1. The van der Waals surface area contributed by atoms with Crippen molar-refractivity contribution in [3.63, 3.8) is 0 Å². The van der Waals surface area contributed by atoms with Crippen molar-refractivity contribution >= 4 is 28.8 Å². The van der Waals surface area contributed by atoms with Crippen LogP contribution in [0.3, 0.4) is 0 Å². The standard InChI is InChI=1S/C16H17N3O2/c1-9(2)21-16-13(15(20)18-19-16)7-11-8-17-14-10(3)5-4-6-12(11)14/h4-9,17H,1-3H3,(H,18,20)/b13-7+. The zero-order valence-corrected chi connectivity index (χ0v) is 12.2. The molecule has 1 aromatic carbocycles. The third kappa shape index (κ3) is 2.42. The lowest BCUT2D eigenvalue weighted by Gasteiger charge is -2.08. The van der Waals surface area contributed by atoms with Crippen LogP contribution in [0.5, 0.6) is 0 Å². The average molecular weight is 283 g/mol. The number of hydrazone groups is 1. The van der Waals surface area contributed by atoms with Gasteiger partial charge in [0.1, 0.15) is 5.57 Å². The van der Waals surface area contributed by atoms with Gasteiger partial charge in [0.15, 0.2) is 0 Å². The number of hydrogen-bond donors (Lipinski definition) is 2. The second-order valence-corrected chi connectivity index (χ2v) is 5.32. The summed E-state index contributed by atoms with van der Waals surface area (Å²) in [5, 5.41) is 5.01. The van der Waals surface area contributed by atoms with Crippen molar-refractivity contribution in [2.75, 3.05) is 0 Å². The Morgan fingerprint density at radius 3 is 2.90 bits per heavy atom. The summed E-state index contributed by atoms with van der Waals surface area (Å²) in [6.45, 7) is 5.85. The molecule has 21 heavy (non-hydrogen) atoms. The summed E-state index contributed by atoms with van der Waals surface area (Å²) in [4.78, 5) is 15.2. The fourth-order valence-electron chi connectivity index (χ4n) is 2.36. The Kier molecular flexibility index (Phi) is 3.25. The second kappa shape index (κ2) is 5.09. The fraction of sp³-hybridized carbons (Fsp3) is 0.250. The number of nitrogens with one attached hydrogen (secondary N) is 2. The number of benzene rings is 1. The molecule has 5 nitrogen and oxygen atoms in total. The number of nitrogens with zero attached hydrogens (tertiary/aromatic N) is 1. The molecular formula is C16H17N3O2. The number of aryl methyl sites for hydroxylation is 1. The van der Waals surface area contributed by atoms with Gasteiger partial charge in [-0.15, -0.1) is 5.10 Å². The van der Waals surface area contributed by atoms with Crippen LogP contribution in [0.1, 0.15) is 25.0 Å². The normalized spacial score (nSPS) is 16.7. The highest BCUT2D eigenvalue weighted by Crippen LogP contribution is 2.24. The first kappa shape index (κ1) is 13.4. The minimum atomic E-state index is -0.243. The molecule has 2 heterocycles. The average Bonchev–Trinajstić information content (AvgIpc) is 2.98. The third-order valence-electron chi connectivity index (χ3n) is 3.34. The Morgan fingerprint density at radius 1 is 1.33 bits per heavy atom. The lowest BCUT2D eigenvalue weighted by molar-refractivity contribution is -0.116. The van der Waals surface area contributed by atoms with Crippen molar-refractivity contribution in [1.29, 1.82) is 0 Å². The smallest absolute Gasteiger partial charge is 0.277 e. The van der Waals surface area contributed by atoms with Crippen molar-refractivity contribution in [3.8, 4) is 0 Å². The second-order valence-electron chi connectivity index (χ2n) is 5.32. The first-order valence-electron chi connectivity index (χ1n) is 6.89. The Morgan fingerprint density at radius 2 is 2.14 bits per heavy atom. The quantitative estimate of drug-likeness (QED) is 0.832. The monoisotopic (exact) mass is 283 g/mol. The van der Waals surface area contributed by atoms with E-state index in [0.29, 0.717) is 11.5 Å². The van der Waals surface area contributed by atoms with E-state index < -0.39 is 0 Å². The number of para-hydroxylation sites is 1. The number of rotatable bonds is 2. The van der Waals surface area contributed by atoms with Gasteiger partial charge >= 0.3 is 0 Å². The van der Waals surface area contributed by atoms with Gasteiger partial charge in [0.05, 0.1) is 6.10 Å². The molecule has 0 atom stereocenters. The van der Waals surface area contributed by atoms with Crippen LogP contribution in [-0.4, -0.2) is 22.9 Å². The molecular weight excluding hydrogens is 266 g/mol. The molecule has 0 aliphatic carbocycles. The maximum absolute atomic E-state index is 11.9. The number of hydrogen-bond acceptors (Lipinski definition) is 3. The molecule has 1 amide bonds. The molecule has 3 rings (SSSR count). The molecule has 2 N–H and O–H groups in total. The SMILES string of the molecule is Cc1cccc2c(/C=C3\C(=O)NN=C3OC(C)C)c[nH]c12. The Bertz CT molecular complexity index is 769. The Balaban J connectivity index is 2.05. The molecule has 1 aliphatic heterocycles. The molecule has 0 fully saturated rings. The summed E-state index contributed by atoms with van der Waals surface area (Å²) in [5.74, 6) is 0.102. The minimum Gasteiger partial charge on any atom is -0.473 e. The summed E-state index contributed by atoms with van der Waals surface area (Å²) in [7, 11) is 0. The number of amides is 1. The molecule has 0 bridgehead atoms.